The Balaban J connectivity index is 1.18. The summed E-state index contributed by atoms with van der Waals surface area (Å²) in [6.45, 7) is 7.49. The summed E-state index contributed by atoms with van der Waals surface area (Å²) in [7, 11) is 0. The smallest absolute Gasteiger partial charge is 0.248 e. The summed E-state index contributed by atoms with van der Waals surface area (Å²) < 4.78 is 4.19. The fourth-order valence-electron chi connectivity index (χ4n) is 6.45. The summed E-state index contributed by atoms with van der Waals surface area (Å²) in [5.41, 5.74) is 5.49. The molecule has 2 aliphatic rings. The van der Waals surface area contributed by atoms with Crippen molar-refractivity contribution < 1.29 is 14.4 Å². The highest BCUT2D eigenvalue weighted by molar-refractivity contribution is 9.10. The van der Waals surface area contributed by atoms with Gasteiger partial charge in [-0.2, -0.15) is 5.10 Å². The number of nitrogens with zero attached hydrogens (tertiary/aromatic N) is 6. The lowest BCUT2D eigenvalue weighted by Gasteiger charge is -2.27. The number of fused-ring (bicyclic) bond motifs is 3. The van der Waals surface area contributed by atoms with E-state index in [-0.39, 0.29) is 35.6 Å². The molecule has 4 aromatic heterocycles. The third-order valence-electron chi connectivity index (χ3n) is 8.87. The summed E-state index contributed by atoms with van der Waals surface area (Å²) >= 11 is 3.37. The predicted octanol–water partition coefficient (Wildman–Crippen LogP) is 5.35. The maximum atomic E-state index is 13.9. The number of carbonyl (C=O) groups is 3. The zero-order chi connectivity index (χ0) is 30.2. The zero-order valence-corrected chi connectivity index (χ0v) is 25.8. The molecule has 5 heterocycles. The van der Waals surface area contributed by atoms with Gasteiger partial charge in [-0.25, -0.2) is 14.5 Å². The van der Waals surface area contributed by atoms with E-state index in [1.807, 2.05) is 61.0 Å². The summed E-state index contributed by atoms with van der Waals surface area (Å²) in [5.74, 6) is 0.00695. The first-order chi connectivity index (χ1) is 20.5. The first-order valence-electron chi connectivity index (χ1n) is 14.2. The van der Waals surface area contributed by atoms with Crippen molar-refractivity contribution in [2.75, 3.05) is 5.32 Å². The molecular formula is C32H30BrN7O3. The van der Waals surface area contributed by atoms with Gasteiger partial charge in [-0.05, 0) is 84.3 Å². The van der Waals surface area contributed by atoms with Crippen LogP contribution in [0.4, 0.5) is 5.82 Å². The number of pyridine rings is 1. The Morgan fingerprint density at radius 1 is 1.07 bits per heavy atom. The predicted molar refractivity (Wildman–Crippen MR) is 166 cm³/mol. The van der Waals surface area contributed by atoms with Crippen LogP contribution in [0.15, 0.2) is 59.6 Å². The minimum Gasteiger partial charge on any atom is -0.337 e. The molecule has 2 fully saturated rings. The Bertz CT molecular complexity index is 2000. The minimum absolute atomic E-state index is 0.0152. The van der Waals surface area contributed by atoms with E-state index >= 15 is 0 Å². The van der Waals surface area contributed by atoms with Gasteiger partial charge in [0.1, 0.15) is 23.0 Å². The van der Waals surface area contributed by atoms with E-state index in [9.17, 15) is 14.4 Å². The van der Waals surface area contributed by atoms with Crippen LogP contribution in [0.25, 0.3) is 27.7 Å². The fourth-order valence-corrected chi connectivity index (χ4v) is 6.76. The molecule has 3 atom stereocenters. The topological polar surface area (TPSA) is 114 Å². The number of rotatable bonds is 6. The van der Waals surface area contributed by atoms with Gasteiger partial charge < -0.3 is 14.8 Å². The van der Waals surface area contributed by atoms with E-state index in [2.05, 4.69) is 43.2 Å². The highest BCUT2D eigenvalue weighted by atomic mass is 79.9. The second-order valence-electron chi connectivity index (χ2n) is 12.1. The van der Waals surface area contributed by atoms with E-state index < -0.39 is 6.04 Å². The van der Waals surface area contributed by atoms with Crippen LogP contribution in [0.2, 0.25) is 0 Å². The number of carbonyl (C=O) groups excluding carboxylic acids is 3. The number of aromatic nitrogens is 5. The van der Waals surface area contributed by atoms with Crippen molar-refractivity contribution in [2.24, 2.45) is 5.41 Å². The van der Waals surface area contributed by atoms with Crippen molar-refractivity contribution >= 4 is 55.9 Å². The van der Waals surface area contributed by atoms with E-state index in [0.29, 0.717) is 22.4 Å². The Kier molecular flexibility index (Phi) is 6.28. The summed E-state index contributed by atoms with van der Waals surface area (Å²) in [4.78, 5) is 50.8. The number of likely N-dealkylation sites (tertiary alicyclic amines) is 1. The number of piperidine rings is 1. The highest BCUT2D eigenvalue weighted by Crippen LogP contribution is 2.59. The molecule has 11 heteroatoms. The van der Waals surface area contributed by atoms with Crippen molar-refractivity contribution in [1.29, 1.82) is 0 Å². The van der Waals surface area contributed by atoms with Crippen molar-refractivity contribution in [3.63, 3.8) is 0 Å². The van der Waals surface area contributed by atoms with E-state index in [0.717, 1.165) is 45.4 Å². The normalized spacial score (nSPS) is 20.9. The SMILES string of the molecule is CC(=O)c1cn(CC(=O)N2[C@H](C(=O)Nc3nc(Br)ccc3C)C[C@@]3(C)C[C@@H]23)c2ccc(-c3cnc4cc(C)nn4c3)cc12. The first-order valence-corrected chi connectivity index (χ1v) is 15.0. The van der Waals surface area contributed by atoms with Gasteiger partial charge >= 0.3 is 0 Å². The minimum atomic E-state index is -0.592. The molecule has 1 aliphatic carbocycles. The second kappa shape index (κ2) is 9.84. The second-order valence-corrected chi connectivity index (χ2v) is 12.9. The number of aryl methyl sites for hydroxylation is 2. The maximum Gasteiger partial charge on any atom is 0.248 e. The number of halogens is 1. The average Bonchev–Trinajstić information content (AvgIpc) is 3.24. The number of benzene rings is 1. The van der Waals surface area contributed by atoms with Crippen LogP contribution in [0, 0.1) is 19.3 Å². The molecule has 0 spiro atoms. The molecule has 218 valence electrons. The lowest BCUT2D eigenvalue weighted by atomic mass is 10.0. The summed E-state index contributed by atoms with van der Waals surface area (Å²) in [5, 5.41) is 8.17. The molecular weight excluding hydrogens is 610 g/mol. The van der Waals surface area contributed by atoms with Gasteiger partial charge in [0.2, 0.25) is 11.8 Å². The molecule has 0 radical (unpaired) electrons. The van der Waals surface area contributed by atoms with E-state index in [1.54, 1.807) is 21.8 Å². The highest BCUT2D eigenvalue weighted by Gasteiger charge is 2.64. The Morgan fingerprint density at radius 2 is 1.88 bits per heavy atom. The zero-order valence-electron chi connectivity index (χ0n) is 24.3. The number of nitrogens with one attached hydrogen (secondary N) is 1. The largest absolute Gasteiger partial charge is 0.337 e. The van der Waals surface area contributed by atoms with Crippen molar-refractivity contribution in [3.05, 3.63) is 76.4 Å². The number of anilines is 1. The molecule has 1 saturated carbocycles. The average molecular weight is 641 g/mol. The quantitative estimate of drug-likeness (QED) is 0.198. The van der Waals surface area contributed by atoms with Crippen molar-refractivity contribution in [2.45, 2.75) is 59.2 Å². The van der Waals surface area contributed by atoms with Gasteiger partial charge in [0.05, 0.1) is 5.69 Å². The van der Waals surface area contributed by atoms with Crippen LogP contribution >= 0.6 is 15.9 Å². The number of Topliss-reactive ketones (excluding diaryl/α,β-unsaturated/α-hetero) is 1. The third-order valence-corrected chi connectivity index (χ3v) is 9.31. The van der Waals surface area contributed by atoms with Gasteiger partial charge in [-0.15, -0.1) is 0 Å². The van der Waals surface area contributed by atoms with Crippen LogP contribution < -0.4 is 5.32 Å². The number of hydrogen-bond acceptors (Lipinski definition) is 6. The van der Waals surface area contributed by atoms with E-state index in [4.69, 9.17) is 0 Å². The van der Waals surface area contributed by atoms with Crippen molar-refractivity contribution in [1.82, 2.24) is 29.0 Å². The van der Waals surface area contributed by atoms with Crippen LogP contribution in [0.5, 0.6) is 0 Å². The molecule has 1 N–H and O–H groups in total. The summed E-state index contributed by atoms with van der Waals surface area (Å²) in [6, 6.07) is 10.9. The van der Waals surface area contributed by atoms with Crippen LogP contribution in [0.1, 0.15) is 48.3 Å². The number of hydrogen-bond donors (Lipinski definition) is 1. The number of amides is 2. The van der Waals surface area contributed by atoms with Gasteiger partial charge in [-0.1, -0.05) is 19.1 Å². The molecule has 5 aromatic rings. The van der Waals surface area contributed by atoms with Gasteiger partial charge in [0, 0.05) is 52.7 Å². The van der Waals surface area contributed by atoms with Gasteiger partial charge in [-0.3, -0.25) is 14.4 Å². The maximum absolute atomic E-state index is 13.9. The van der Waals surface area contributed by atoms with Crippen molar-refractivity contribution in [3.8, 4) is 11.1 Å². The monoisotopic (exact) mass is 639 g/mol. The molecule has 1 aromatic carbocycles. The Hall–Kier alpha value is -4.38. The third kappa shape index (κ3) is 4.71. The molecule has 0 bridgehead atoms. The van der Waals surface area contributed by atoms with Gasteiger partial charge in [0.15, 0.2) is 11.4 Å². The lowest BCUT2D eigenvalue weighted by molar-refractivity contribution is -0.138. The lowest BCUT2D eigenvalue weighted by Crippen LogP contribution is -2.46. The number of ketones is 1. The van der Waals surface area contributed by atoms with Crippen LogP contribution in [-0.2, 0) is 16.1 Å². The van der Waals surface area contributed by atoms with Gasteiger partial charge in [0.25, 0.3) is 0 Å². The Labute approximate surface area is 256 Å². The molecule has 0 unspecified atom stereocenters. The first kappa shape index (κ1) is 27.5. The van der Waals surface area contributed by atoms with Crippen LogP contribution in [0.3, 0.4) is 0 Å². The fraction of sp³-hybridized carbons (Fsp3) is 0.312. The van der Waals surface area contributed by atoms with E-state index in [1.165, 1.54) is 6.92 Å². The molecule has 2 amide bonds. The Morgan fingerprint density at radius 3 is 2.67 bits per heavy atom. The molecule has 10 nitrogen and oxygen atoms in total. The molecule has 1 aliphatic heterocycles. The molecule has 43 heavy (non-hydrogen) atoms. The molecule has 7 rings (SSSR count). The standard InChI is InChI=1S/C32H30BrN7O3/c1-17-5-8-27(33)35-30(17)36-31(43)25-11-32(4)12-26(32)40(25)29(42)16-38-15-23(19(3)41)22-10-20(6-7-24(22)38)21-13-34-28-9-18(2)37-39(28)14-21/h5-10,13-15,25-26H,11-12,16H2,1-4H3,(H,35,36,43)/t25-,26+,32-/m0/s1. The van der Waals surface area contributed by atoms with Crippen LogP contribution in [-0.4, -0.2) is 58.7 Å². The molecule has 1 saturated heterocycles. The summed E-state index contributed by atoms with van der Waals surface area (Å²) in [6.07, 6.45) is 6.94.